The molecule has 1 aromatic heterocycles. The number of hydrogen-bond acceptors (Lipinski definition) is 3. The van der Waals surface area contributed by atoms with Gasteiger partial charge in [-0.1, -0.05) is 12.1 Å². The van der Waals surface area contributed by atoms with Gasteiger partial charge in [0.25, 0.3) is 5.56 Å². The summed E-state index contributed by atoms with van der Waals surface area (Å²) in [6, 6.07) is 6.05. The number of aromatic nitrogens is 2. The third-order valence-corrected chi connectivity index (χ3v) is 3.46. The molecule has 0 saturated carbocycles. The number of fused-ring (bicyclic) bond motifs is 1. The van der Waals surface area contributed by atoms with Crippen molar-refractivity contribution in [1.29, 1.82) is 0 Å². The molecule has 0 amide bonds. The van der Waals surface area contributed by atoms with E-state index in [1.165, 1.54) is 5.56 Å². The third-order valence-electron chi connectivity index (χ3n) is 3.46. The Morgan fingerprint density at radius 3 is 3.00 bits per heavy atom. The highest BCUT2D eigenvalue weighted by atomic mass is 16.5. The highest BCUT2D eigenvalue weighted by Gasteiger charge is 2.18. The predicted octanol–water partition coefficient (Wildman–Crippen LogP) is 2.38. The second-order valence-electron chi connectivity index (χ2n) is 4.87. The summed E-state index contributed by atoms with van der Waals surface area (Å²) in [4.78, 5) is 19.1. The molecular weight excluding hydrogens is 240 g/mol. The fraction of sp³-hybridized carbons (Fsp3) is 0.333. The van der Waals surface area contributed by atoms with E-state index in [0.717, 1.165) is 36.5 Å². The summed E-state index contributed by atoms with van der Waals surface area (Å²) in [5.74, 6) is 1.51. The van der Waals surface area contributed by atoms with Crippen molar-refractivity contribution in [2.24, 2.45) is 0 Å². The number of ether oxygens (including phenoxy) is 1. The van der Waals surface area contributed by atoms with Crippen LogP contribution >= 0.6 is 0 Å². The smallest absolute Gasteiger partial charge is 0.254 e. The van der Waals surface area contributed by atoms with Crippen LogP contribution in [0.3, 0.4) is 0 Å². The standard InChI is InChI=1S/C15H16N2O2/c1-9-13(16-10(2)17-15(9)18)12-7-3-5-11-6-4-8-19-14(11)12/h3,5,7H,4,6,8H2,1-2H3,(H,16,17,18). The van der Waals surface area contributed by atoms with Gasteiger partial charge in [0.2, 0.25) is 0 Å². The van der Waals surface area contributed by atoms with Crippen molar-refractivity contribution < 1.29 is 4.74 Å². The van der Waals surface area contributed by atoms with E-state index >= 15 is 0 Å². The lowest BCUT2D eigenvalue weighted by Gasteiger charge is -2.20. The van der Waals surface area contributed by atoms with Crippen molar-refractivity contribution in [3.05, 3.63) is 45.5 Å². The molecule has 4 nitrogen and oxygen atoms in total. The number of rotatable bonds is 1. The number of aryl methyl sites for hydroxylation is 2. The molecule has 19 heavy (non-hydrogen) atoms. The third kappa shape index (κ3) is 2.03. The quantitative estimate of drug-likeness (QED) is 0.852. The van der Waals surface area contributed by atoms with Crippen LogP contribution < -0.4 is 10.3 Å². The van der Waals surface area contributed by atoms with Crippen molar-refractivity contribution in [3.8, 4) is 17.0 Å². The number of H-pyrrole nitrogens is 1. The van der Waals surface area contributed by atoms with Crippen molar-refractivity contribution in [2.45, 2.75) is 26.7 Å². The van der Waals surface area contributed by atoms with E-state index in [2.05, 4.69) is 16.0 Å². The molecule has 0 fully saturated rings. The second kappa shape index (κ2) is 4.53. The van der Waals surface area contributed by atoms with Gasteiger partial charge in [0.15, 0.2) is 0 Å². The monoisotopic (exact) mass is 256 g/mol. The Labute approximate surface area is 111 Å². The summed E-state index contributed by atoms with van der Waals surface area (Å²) >= 11 is 0. The molecule has 2 heterocycles. The Kier molecular flexibility index (Phi) is 2.85. The van der Waals surface area contributed by atoms with Crippen LogP contribution in [0.25, 0.3) is 11.3 Å². The maximum absolute atomic E-state index is 11.9. The van der Waals surface area contributed by atoms with Gasteiger partial charge in [-0.2, -0.15) is 0 Å². The molecule has 0 atom stereocenters. The second-order valence-corrected chi connectivity index (χ2v) is 4.87. The summed E-state index contributed by atoms with van der Waals surface area (Å²) < 4.78 is 5.79. The molecule has 2 aromatic rings. The van der Waals surface area contributed by atoms with E-state index in [1.807, 2.05) is 12.1 Å². The lowest BCUT2D eigenvalue weighted by Crippen LogP contribution is -2.15. The topological polar surface area (TPSA) is 55.0 Å². The molecule has 0 unspecified atom stereocenters. The van der Waals surface area contributed by atoms with Crippen molar-refractivity contribution in [2.75, 3.05) is 6.61 Å². The van der Waals surface area contributed by atoms with Crippen LogP contribution in [-0.4, -0.2) is 16.6 Å². The maximum Gasteiger partial charge on any atom is 0.254 e. The minimum Gasteiger partial charge on any atom is -0.493 e. The average molecular weight is 256 g/mol. The molecule has 0 bridgehead atoms. The van der Waals surface area contributed by atoms with E-state index in [1.54, 1.807) is 13.8 Å². The summed E-state index contributed by atoms with van der Waals surface area (Å²) in [6.07, 6.45) is 2.06. The summed E-state index contributed by atoms with van der Waals surface area (Å²) in [5, 5.41) is 0. The first-order valence-electron chi connectivity index (χ1n) is 6.49. The number of aromatic amines is 1. The summed E-state index contributed by atoms with van der Waals surface area (Å²) in [6.45, 7) is 4.31. The Balaban J connectivity index is 2.26. The van der Waals surface area contributed by atoms with Gasteiger partial charge < -0.3 is 9.72 Å². The minimum absolute atomic E-state index is 0.0871. The van der Waals surface area contributed by atoms with E-state index in [9.17, 15) is 4.79 Å². The Morgan fingerprint density at radius 2 is 2.16 bits per heavy atom. The molecule has 98 valence electrons. The summed E-state index contributed by atoms with van der Waals surface area (Å²) in [5.41, 5.74) is 3.39. The predicted molar refractivity (Wildman–Crippen MR) is 73.6 cm³/mol. The number of nitrogens with one attached hydrogen (secondary N) is 1. The first-order valence-corrected chi connectivity index (χ1v) is 6.49. The summed E-state index contributed by atoms with van der Waals surface area (Å²) in [7, 11) is 0. The Bertz CT molecular complexity index is 689. The van der Waals surface area contributed by atoms with Gasteiger partial charge in [-0.25, -0.2) is 4.98 Å². The van der Waals surface area contributed by atoms with E-state index in [0.29, 0.717) is 11.4 Å². The molecule has 0 spiro atoms. The van der Waals surface area contributed by atoms with Gasteiger partial charge in [0.1, 0.15) is 11.6 Å². The average Bonchev–Trinajstić information content (AvgIpc) is 2.42. The Hall–Kier alpha value is -2.10. The molecule has 1 N–H and O–H groups in total. The zero-order valence-electron chi connectivity index (χ0n) is 11.1. The van der Waals surface area contributed by atoms with Crippen LogP contribution in [0, 0.1) is 13.8 Å². The van der Waals surface area contributed by atoms with Gasteiger partial charge in [0.05, 0.1) is 12.3 Å². The minimum atomic E-state index is -0.0871. The van der Waals surface area contributed by atoms with Crippen molar-refractivity contribution >= 4 is 0 Å². The molecule has 0 radical (unpaired) electrons. The van der Waals surface area contributed by atoms with Crippen LogP contribution in [0.15, 0.2) is 23.0 Å². The van der Waals surface area contributed by atoms with Gasteiger partial charge in [0, 0.05) is 11.1 Å². The van der Waals surface area contributed by atoms with Crippen LogP contribution in [0.2, 0.25) is 0 Å². The Morgan fingerprint density at radius 1 is 1.32 bits per heavy atom. The lowest BCUT2D eigenvalue weighted by atomic mass is 9.99. The number of hydrogen-bond donors (Lipinski definition) is 1. The highest BCUT2D eigenvalue weighted by Crippen LogP contribution is 2.35. The largest absolute Gasteiger partial charge is 0.493 e. The number of para-hydroxylation sites is 1. The molecule has 4 heteroatoms. The van der Waals surface area contributed by atoms with Gasteiger partial charge in [-0.15, -0.1) is 0 Å². The van der Waals surface area contributed by atoms with Gasteiger partial charge in [-0.3, -0.25) is 4.79 Å². The lowest BCUT2D eigenvalue weighted by molar-refractivity contribution is 0.289. The van der Waals surface area contributed by atoms with Crippen LogP contribution in [-0.2, 0) is 6.42 Å². The zero-order valence-corrected chi connectivity index (χ0v) is 11.1. The van der Waals surface area contributed by atoms with Crippen LogP contribution in [0.1, 0.15) is 23.4 Å². The molecule has 1 aliphatic rings. The fourth-order valence-corrected chi connectivity index (χ4v) is 2.48. The van der Waals surface area contributed by atoms with E-state index in [-0.39, 0.29) is 5.56 Å². The molecule has 0 saturated heterocycles. The van der Waals surface area contributed by atoms with Crippen molar-refractivity contribution in [1.82, 2.24) is 9.97 Å². The van der Waals surface area contributed by atoms with Crippen LogP contribution in [0.4, 0.5) is 0 Å². The van der Waals surface area contributed by atoms with Gasteiger partial charge in [-0.05, 0) is 38.3 Å². The fourth-order valence-electron chi connectivity index (χ4n) is 2.48. The number of benzene rings is 1. The maximum atomic E-state index is 11.9. The normalized spacial score (nSPS) is 13.8. The number of nitrogens with zero attached hydrogens (tertiary/aromatic N) is 1. The van der Waals surface area contributed by atoms with E-state index < -0.39 is 0 Å². The van der Waals surface area contributed by atoms with Crippen LogP contribution in [0.5, 0.6) is 5.75 Å². The van der Waals surface area contributed by atoms with Crippen molar-refractivity contribution in [3.63, 3.8) is 0 Å². The SMILES string of the molecule is Cc1nc(-c2cccc3c2OCCC3)c(C)c(=O)[nH]1. The van der Waals surface area contributed by atoms with E-state index in [4.69, 9.17) is 4.74 Å². The molecular formula is C15H16N2O2. The molecule has 3 rings (SSSR count). The first-order chi connectivity index (χ1) is 9.16. The highest BCUT2D eigenvalue weighted by molar-refractivity contribution is 5.71. The van der Waals surface area contributed by atoms with Gasteiger partial charge >= 0.3 is 0 Å². The molecule has 1 aromatic carbocycles. The molecule has 1 aliphatic heterocycles. The zero-order chi connectivity index (χ0) is 13.4. The molecule has 0 aliphatic carbocycles. The first kappa shape index (κ1) is 12.0.